The van der Waals surface area contributed by atoms with E-state index in [0.717, 1.165) is 5.56 Å². The van der Waals surface area contributed by atoms with Gasteiger partial charge in [-0.05, 0) is 29.9 Å². The Hall–Kier alpha value is -2.04. The third-order valence-corrected chi connectivity index (χ3v) is 6.10. The van der Waals surface area contributed by atoms with E-state index in [0.29, 0.717) is 19.4 Å². The average Bonchev–Trinajstić information content (AvgIpc) is 2.78. The smallest absolute Gasteiger partial charge is 0.235 e. The summed E-state index contributed by atoms with van der Waals surface area (Å²) in [5.74, 6) is -1.24. The zero-order valence-corrected chi connectivity index (χ0v) is 13.1. The second-order valence-corrected chi connectivity index (χ2v) is 7.06. The van der Waals surface area contributed by atoms with Gasteiger partial charge in [-0.1, -0.05) is 26.8 Å². The third kappa shape index (κ3) is 1.54. The maximum absolute atomic E-state index is 12.8. The first-order chi connectivity index (χ1) is 10.3. The molecule has 2 saturated carbocycles. The lowest BCUT2D eigenvalue weighted by Crippen LogP contribution is -2.50. The fraction of sp³-hybridized carbons (Fsp3) is 0.529. The number of carbonyl (C=O) groups excluding carboxylic acids is 3. The Bertz CT molecular complexity index is 668. The predicted molar refractivity (Wildman–Crippen MR) is 79.7 cm³/mol. The lowest BCUT2D eigenvalue weighted by Gasteiger charge is -2.37. The average molecular weight is 300 g/mol. The molecule has 3 rings (SSSR count). The number of nitrogens with one attached hydrogen (secondary N) is 1. The summed E-state index contributed by atoms with van der Waals surface area (Å²) in [4.78, 5) is 41.7. The summed E-state index contributed by atoms with van der Waals surface area (Å²) < 4.78 is 0. The molecule has 2 fully saturated rings. The van der Waals surface area contributed by atoms with Crippen molar-refractivity contribution in [2.75, 3.05) is 0 Å². The van der Waals surface area contributed by atoms with E-state index in [1.54, 1.807) is 18.5 Å². The van der Waals surface area contributed by atoms with E-state index in [4.69, 9.17) is 0 Å². The highest BCUT2D eigenvalue weighted by molar-refractivity contribution is 6.48. The van der Waals surface area contributed by atoms with Crippen LogP contribution in [-0.2, 0) is 20.9 Å². The summed E-state index contributed by atoms with van der Waals surface area (Å²) in [5, 5.41) is 2.83. The first kappa shape index (κ1) is 14.9. The van der Waals surface area contributed by atoms with Crippen LogP contribution in [0, 0.1) is 16.2 Å². The first-order valence-electron chi connectivity index (χ1n) is 7.54. The lowest BCUT2D eigenvalue weighted by atomic mass is 9.64. The van der Waals surface area contributed by atoms with Gasteiger partial charge < -0.3 is 5.32 Å². The predicted octanol–water partition coefficient (Wildman–Crippen LogP) is 1.66. The molecule has 5 nitrogen and oxygen atoms in total. The zero-order valence-electron chi connectivity index (χ0n) is 13.1. The van der Waals surface area contributed by atoms with Crippen LogP contribution in [0.1, 0.15) is 39.2 Å². The Morgan fingerprint density at radius 1 is 1.23 bits per heavy atom. The maximum Gasteiger partial charge on any atom is 0.235 e. The van der Waals surface area contributed by atoms with Crippen LogP contribution in [0.5, 0.6) is 0 Å². The van der Waals surface area contributed by atoms with Crippen LogP contribution in [-0.4, -0.2) is 22.5 Å². The van der Waals surface area contributed by atoms with Gasteiger partial charge in [0.1, 0.15) is 5.41 Å². The molecule has 0 aromatic carbocycles. The molecule has 0 radical (unpaired) electrons. The van der Waals surface area contributed by atoms with Crippen LogP contribution in [0.15, 0.2) is 24.5 Å². The molecule has 2 aliphatic rings. The van der Waals surface area contributed by atoms with Gasteiger partial charge in [-0.3, -0.25) is 19.4 Å². The van der Waals surface area contributed by atoms with Gasteiger partial charge in [0.2, 0.25) is 17.5 Å². The van der Waals surface area contributed by atoms with Gasteiger partial charge in [-0.25, -0.2) is 0 Å². The van der Waals surface area contributed by atoms with Crippen molar-refractivity contribution in [3.8, 4) is 0 Å². The fourth-order valence-corrected chi connectivity index (χ4v) is 4.11. The molecule has 2 bridgehead atoms. The molecular formula is C17H20N2O3. The third-order valence-electron chi connectivity index (χ3n) is 6.10. The molecule has 116 valence electrons. The minimum Gasteiger partial charge on any atom is -0.351 e. The fourth-order valence-electron chi connectivity index (χ4n) is 4.11. The van der Waals surface area contributed by atoms with E-state index >= 15 is 0 Å². The summed E-state index contributed by atoms with van der Waals surface area (Å²) in [6.07, 6.45) is 4.36. The number of carbonyl (C=O) groups is 3. The molecule has 2 atom stereocenters. The Morgan fingerprint density at radius 2 is 1.95 bits per heavy atom. The number of hydrogen-bond acceptors (Lipinski definition) is 4. The molecule has 22 heavy (non-hydrogen) atoms. The highest BCUT2D eigenvalue weighted by atomic mass is 16.2. The summed E-state index contributed by atoms with van der Waals surface area (Å²) in [5.41, 5.74) is -1.74. The maximum atomic E-state index is 12.8. The number of fused-ring (bicyclic) bond motifs is 2. The monoisotopic (exact) mass is 300 g/mol. The zero-order chi connectivity index (χ0) is 16.2. The molecule has 1 amide bonds. The summed E-state index contributed by atoms with van der Waals surface area (Å²) in [7, 11) is 0. The SMILES string of the molecule is CC1(C)[C@]2(C(=O)NCc3cccnc3)CC[C@@]1(C)C(=O)C2=O. The van der Waals surface area contributed by atoms with E-state index in [2.05, 4.69) is 10.3 Å². The van der Waals surface area contributed by atoms with Gasteiger partial charge >= 0.3 is 0 Å². The summed E-state index contributed by atoms with van der Waals surface area (Å²) in [6.45, 7) is 5.86. The van der Waals surface area contributed by atoms with Crippen LogP contribution in [0.4, 0.5) is 0 Å². The highest BCUT2D eigenvalue weighted by Crippen LogP contribution is 2.68. The number of pyridine rings is 1. The van der Waals surface area contributed by atoms with Crippen molar-refractivity contribution in [2.45, 2.75) is 40.2 Å². The molecule has 0 unspecified atom stereocenters. The van der Waals surface area contributed by atoms with Crippen molar-refractivity contribution < 1.29 is 14.4 Å². The van der Waals surface area contributed by atoms with Crippen LogP contribution in [0.2, 0.25) is 0 Å². The second-order valence-electron chi connectivity index (χ2n) is 7.06. The second kappa shape index (κ2) is 4.48. The van der Waals surface area contributed by atoms with Gasteiger partial charge in [0.15, 0.2) is 0 Å². The minimum absolute atomic E-state index is 0.308. The topological polar surface area (TPSA) is 76.1 Å². The summed E-state index contributed by atoms with van der Waals surface area (Å²) >= 11 is 0. The molecule has 1 heterocycles. The number of nitrogens with zero attached hydrogens (tertiary/aromatic N) is 1. The highest BCUT2D eigenvalue weighted by Gasteiger charge is 2.77. The van der Waals surface area contributed by atoms with E-state index in [-0.39, 0.29) is 11.7 Å². The number of aromatic nitrogens is 1. The number of Topliss-reactive ketones (excluding diaryl/α,β-unsaturated/α-hetero) is 2. The number of rotatable bonds is 3. The number of hydrogen-bond donors (Lipinski definition) is 1. The van der Waals surface area contributed by atoms with Crippen LogP contribution >= 0.6 is 0 Å². The standard InChI is InChI=1S/C17H20N2O3/c1-15(2)16(3)6-7-17(15,13(21)12(16)20)14(22)19-10-11-5-4-8-18-9-11/h4-5,8-9H,6-7,10H2,1-3H3,(H,19,22)/t16-,17+/m0/s1. The van der Waals surface area contributed by atoms with Gasteiger partial charge in [0.25, 0.3) is 0 Å². The van der Waals surface area contributed by atoms with E-state index < -0.39 is 22.0 Å². The minimum atomic E-state index is -1.22. The Balaban J connectivity index is 1.88. The van der Waals surface area contributed by atoms with Crippen molar-refractivity contribution in [3.63, 3.8) is 0 Å². The largest absolute Gasteiger partial charge is 0.351 e. The molecule has 1 aromatic rings. The quantitative estimate of drug-likeness (QED) is 0.680. The van der Waals surface area contributed by atoms with Crippen molar-refractivity contribution in [3.05, 3.63) is 30.1 Å². The van der Waals surface area contributed by atoms with Crippen molar-refractivity contribution in [2.24, 2.45) is 16.2 Å². The van der Waals surface area contributed by atoms with Crippen LogP contribution in [0.25, 0.3) is 0 Å². The molecule has 5 heteroatoms. The van der Waals surface area contributed by atoms with Gasteiger partial charge in [0.05, 0.1) is 0 Å². The van der Waals surface area contributed by atoms with Crippen molar-refractivity contribution in [1.82, 2.24) is 10.3 Å². The first-order valence-corrected chi connectivity index (χ1v) is 7.54. The van der Waals surface area contributed by atoms with E-state index in [1.165, 1.54) is 0 Å². The van der Waals surface area contributed by atoms with Gasteiger partial charge in [-0.15, -0.1) is 0 Å². The number of amides is 1. The molecule has 1 aromatic heterocycles. The molecule has 1 N–H and O–H groups in total. The Labute approximate surface area is 129 Å². The van der Waals surface area contributed by atoms with E-state index in [9.17, 15) is 14.4 Å². The van der Waals surface area contributed by atoms with Crippen molar-refractivity contribution >= 4 is 17.5 Å². The normalized spacial score (nSPS) is 32.3. The molecule has 0 saturated heterocycles. The summed E-state index contributed by atoms with van der Waals surface area (Å²) in [6, 6.07) is 3.65. The van der Waals surface area contributed by atoms with Crippen molar-refractivity contribution in [1.29, 1.82) is 0 Å². The molecular weight excluding hydrogens is 280 g/mol. The molecule has 0 spiro atoms. The van der Waals surface area contributed by atoms with Gasteiger partial charge in [-0.2, -0.15) is 0 Å². The molecule has 0 aliphatic heterocycles. The number of ketones is 2. The Kier molecular flexibility index (Phi) is 3.03. The Morgan fingerprint density at radius 3 is 2.50 bits per heavy atom. The van der Waals surface area contributed by atoms with Gasteiger partial charge in [0, 0.05) is 24.4 Å². The van der Waals surface area contributed by atoms with Crippen LogP contribution < -0.4 is 5.32 Å². The lowest BCUT2D eigenvalue weighted by molar-refractivity contribution is -0.149. The van der Waals surface area contributed by atoms with E-state index in [1.807, 2.05) is 26.8 Å². The molecule has 2 aliphatic carbocycles. The van der Waals surface area contributed by atoms with Crippen LogP contribution in [0.3, 0.4) is 0 Å².